The third-order valence-corrected chi connectivity index (χ3v) is 3.96. The zero-order valence-electron chi connectivity index (χ0n) is 11.7. The molecule has 1 aliphatic heterocycles. The summed E-state index contributed by atoms with van der Waals surface area (Å²) in [6, 6.07) is 4.73. The Morgan fingerprint density at radius 2 is 1.86 bits per heavy atom. The normalized spacial score (nSPS) is 15.0. The van der Waals surface area contributed by atoms with Crippen LogP contribution in [-0.2, 0) is 4.74 Å². The number of halogens is 1. The first-order valence-corrected chi connectivity index (χ1v) is 7.51. The second-order valence-corrected chi connectivity index (χ2v) is 5.50. The van der Waals surface area contributed by atoms with Crippen LogP contribution in [0.2, 0.25) is 0 Å². The standard InChI is InChI=1S/C14H17BrN2O4/c1-2-21-14(20)17-7-5-16(6-8-17)13(19)10-3-4-11(15)12(18)9-10/h3-4,9,18H,2,5-8H2,1H3. The smallest absolute Gasteiger partial charge is 0.409 e. The molecule has 0 saturated carbocycles. The minimum absolute atomic E-state index is 0.0333. The number of phenolic OH excluding ortho intramolecular Hbond substituents is 1. The van der Waals surface area contributed by atoms with Crippen LogP contribution in [0, 0.1) is 0 Å². The lowest BCUT2D eigenvalue weighted by molar-refractivity contribution is 0.0570. The molecule has 1 N–H and O–H groups in total. The minimum atomic E-state index is -0.342. The molecule has 2 rings (SSSR count). The van der Waals surface area contributed by atoms with E-state index in [9.17, 15) is 14.7 Å². The van der Waals surface area contributed by atoms with Crippen LogP contribution in [0.15, 0.2) is 22.7 Å². The van der Waals surface area contributed by atoms with Crippen molar-refractivity contribution >= 4 is 27.9 Å². The van der Waals surface area contributed by atoms with E-state index in [1.165, 1.54) is 6.07 Å². The van der Waals surface area contributed by atoms with Gasteiger partial charge >= 0.3 is 6.09 Å². The van der Waals surface area contributed by atoms with Gasteiger partial charge in [-0.1, -0.05) is 0 Å². The van der Waals surface area contributed by atoms with Gasteiger partial charge in [0.05, 0.1) is 11.1 Å². The zero-order valence-corrected chi connectivity index (χ0v) is 13.3. The van der Waals surface area contributed by atoms with Gasteiger partial charge in [-0.3, -0.25) is 4.79 Å². The molecule has 1 heterocycles. The van der Waals surface area contributed by atoms with Gasteiger partial charge in [0.2, 0.25) is 0 Å². The van der Waals surface area contributed by atoms with Gasteiger partial charge in [-0.05, 0) is 41.1 Å². The number of phenols is 1. The van der Waals surface area contributed by atoms with Gasteiger partial charge in [-0.15, -0.1) is 0 Å². The Labute approximate surface area is 131 Å². The quantitative estimate of drug-likeness (QED) is 0.880. The van der Waals surface area contributed by atoms with Crippen LogP contribution in [-0.4, -0.2) is 59.7 Å². The fraction of sp³-hybridized carbons (Fsp3) is 0.429. The second kappa shape index (κ2) is 6.80. The fourth-order valence-electron chi connectivity index (χ4n) is 2.14. The van der Waals surface area contributed by atoms with Gasteiger partial charge in [0.25, 0.3) is 5.91 Å². The Balaban J connectivity index is 1.97. The summed E-state index contributed by atoms with van der Waals surface area (Å²) in [4.78, 5) is 27.2. The van der Waals surface area contributed by atoms with E-state index in [1.807, 2.05) is 0 Å². The van der Waals surface area contributed by atoms with Crippen molar-refractivity contribution in [2.24, 2.45) is 0 Å². The van der Waals surface area contributed by atoms with Crippen molar-refractivity contribution in [3.63, 3.8) is 0 Å². The van der Waals surface area contributed by atoms with E-state index in [4.69, 9.17) is 4.74 Å². The topological polar surface area (TPSA) is 70.1 Å². The number of piperazine rings is 1. The van der Waals surface area contributed by atoms with Gasteiger partial charge < -0.3 is 19.6 Å². The van der Waals surface area contributed by atoms with Crippen LogP contribution >= 0.6 is 15.9 Å². The summed E-state index contributed by atoms with van der Waals surface area (Å²) in [5.74, 6) is -0.118. The third-order valence-electron chi connectivity index (χ3n) is 3.29. The number of aromatic hydroxyl groups is 1. The van der Waals surface area contributed by atoms with Gasteiger partial charge in [0.1, 0.15) is 5.75 Å². The molecule has 7 heteroatoms. The molecule has 1 aromatic rings. The highest BCUT2D eigenvalue weighted by molar-refractivity contribution is 9.10. The van der Waals surface area contributed by atoms with Crippen LogP contribution in [0.1, 0.15) is 17.3 Å². The molecule has 0 bridgehead atoms. The number of carbonyl (C=O) groups is 2. The Morgan fingerprint density at radius 1 is 1.24 bits per heavy atom. The monoisotopic (exact) mass is 356 g/mol. The molecule has 0 unspecified atom stereocenters. The average Bonchev–Trinajstić information content (AvgIpc) is 2.50. The summed E-state index contributed by atoms with van der Waals surface area (Å²) in [6.45, 7) is 3.91. The molecular formula is C14H17BrN2O4. The Kier molecular flexibility index (Phi) is 5.06. The SMILES string of the molecule is CCOC(=O)N1CCN(C(=O)c2ccc(Br)c(O)c2)CC1. The maximum Gasteiger partial charge on any atom is 0.409 e. The van der Waals surface area contributed by atoms with E-state index >= 15 is 0 Å². The molecule has 1 saturated heterocycles. The number of hydrogen-bond acceptors (Lipinski definition) is 4. The molecule has 0 aromatic heterocycles. The van der Waals surface area contributed by atoms with Crippen molar-refractivity contribution in [3.8, 4) is 5.75 Å². The van der Waals surface area contributed by atoms with Crippen LogP contribution in [0.4, 0.5) is 4.79 Å². The Bertz CT molecular complexity index is 542. The summed E-state index contributed by atoms with van der Waals surface area (Å²) >= 11 is 3.18. The lowest BCUT2D eigenvalue weighted by atomic mass is 10.1. The number of carbonyl (C=O) groups excluding carboxylic acids is 2. The van der Waals surface area contributed by atoms with Crippen LogP contribution < -0.4 is 0 Å². The predicted molar refractivity (Wildman–Crippen MR) is 80.3 cm³/mol. The van der Waals surface area contributed by atoms with E-state index < -0.39 is 0 Å². The maximum atomic E-state index is 12.3. The van der Waals surface area contributed by atoms with Gasteiger partial charge in [0.15, 0.2) is 0 Å². The minimum Gasteiger partial charge on any atom is -0.507 e. The summed E-state index contributed by atoms with van der Waals surface area (Å²) in [7, 11) is 0. The lowest BCUT2D eigenvalue weighted by Gasteiger charge is -2.34. The number of nitrogens with zero attached hydrogens (tertiary/aromatic N) is 2. The van der Waals surface area contributed by atoms with E-state index in [0.29, 0.717) is 42.8 Å². The largest absolute Gasteiger partial charge is 0.507 e. The molecule has 2 amide bonds. The molecule has 114 valence electrons. The van der Waals surface area contributed by atoms with Crippen LogP contribution in [0.3, 0.4) is 0 Å². The Morgan fingerprint density at radius 3 is 2.43 bits per heavy atom. The van der Waals surface area contributed by atoms with Crippen molar-refractivity contribution in [1.29, 1.82) is 0 Å². The van der Waals surface area contributed by atoms with E-state index in [-0.39, 0.29) is 17.7 Å². The maximum absolute atomic E-state index is 12.3. The zero-order chi connectivity index (χ0) is 15.4. The summed E-state index contributed by atoms with van der Waals surface area (Å²) in [5.41, 5.74) is 0.431. The molecule has 21 heavy (non-hydrogen) atoms. The molecule has 1 aliphatic rings. The molecule has 0 spiro atoms. The van der Waals surface area contributed by atoms with Crippen molar-refractivity contribution in [3.05, 3.63) is 28.2 Å². The van der Waals surface area contributed by atoms with Gasteiger partial charge in [-0.2, -0.15) is 0 Å². The summed E-state index contributed by atoms with van der Waals surface area (Å²) < 4.78 is 5.48. The number of hydrogen-bond donors (Lipinski definition) is 1. The average molecular weight is 357 g/mol. The molecule has 6 nitrogen and oxygen atoms in total. The van der Waals surface area contributed by atoms with E-state index in [2.05, 4.69) is 15.9 Å². The van der Waals surface area contributed by atoms with Crippen molar-refractivity contribution in [2.45, 2.75) is 6.92 Å². The highest BCUT2D eigenvalue weighted by Crippen LogP contribution is 2.25. The van der Waals surface area contributed by atoms with E-state index in [0.717, 1.165) is 0 Å². The number of benzene rings is 1. The molecule has 0 atom stereocenters. The Hall–Kier alpha value is -1.76. The molecule has 0 aliphatic carbocycles. The first-order chi connectivity index (χ1) is 10.0. The molecule has 1 aromatic carbocycles. The van der Waals surface area contributed by atoms with Gasteiger partial charge in [-0.25, -0.2) is 4.79 Å². The number of ether oxygens (including phenoxy) is 1. The van der Waals surface area contributed by atoms with Crippen LogP contribution in [0.25, 0.3) is 0 Å². The highest BCUT2D eigenvalue weighted by atomic mass is 79.9. The first kappa shape index (κ1) is 15.6. The van der Waals surface area contributed by atoms with Crippen molar-refractivity contribution < 1.29 is 19.4 Å². The summed E-state index contributed by atoms with van der Waals surface area (Å²) in [5, 5.41) is 9.63. The van der Waals surface area contributed by atoms with Crippen molar-refractivity contribution in [2.75, 3.05) is 32.8 Å². The van der Waals surface area contributed by atoms with Gasteiger partial charge in [0, 0.05) is 31.7 Å². The number of amides is 2. The molecule has 1 fully saturated rings. The number of rotatable bonds is 2. The van der Waals surface area contributed by atoms with E-state index in [1.54, 1.807) is 28.9 Å². The van der Waals surface area contributed by atoms with Crippen LogP contribution in [0.5, 0.6) is 5.75 Å². The summed E-state index contributed by atoms with van der Waals surface area (Å²) in [6.07, 6.45) is -0.342. The highest BCUT2D eigenvalue weighted by Gasteiger charge is 2.25. The predicted octanol–water partition coefficient (Wildman–Crippen LogP) is 2.07. The third kappa shape index (κ3) is 3.66. The lowest BCUT2D eigenvalue weighted by Crippen LogP contribution is -2.50. The molecule has 0 radical (unpaired) electrons. The molecular weight excluding hydrogens is 340 g/mol. The second-order valence-electron chi connectivity index (χ2n) is 4.64. The van der Waals surface area contributed by atoms with Crippen molar-refractivity contribution in [1.82, 2.24) is 9.80 Å². The fourth-order valence-corrected chi connectivity index (χ4v) is 2.38. The first-order valence-electron chi connectivity index (χ1n) is 6.72.